The fourth-order valence-corrected chi connectivity index (χ4v) is 5.05. The van der Waals surface area contributed by atoms with E-state index in [9.17, 15) is 13.6 Å². The molecule has 2 aromatic rings. The average Bonchev–Trinajstić information content (AvgIpc) is 2.84. The van der Waals surface area contributed by atoms with Crippen LogP contribution in [0, 0.1) is 0 Å². The van der Waals surface area contributed by atoms with Gasteiger partial charge in [-0.3, -0.25) is 4.90 Å². The third kappa shape index (κ3) is 6.16. The van der Waals surface area contributed by atoms with Gasteiger partial charge in [-0.05, 0) is 37.5 Å². The summed E-state index contributed by atoms with van der Waals surface area (Å²) >= 11 is 0. The van der Waals surface area contributed by atoms with Gasteiger partial charge in [0.1, 0.15) is 5.75 Å². The number of hydrogen-bond donors (Lipinski definition) is 2. The lowest BCUT2D eigenvalue weighted by atomic mass is 9.86. The van der Waals surface area contributed by atoms with Crippen LogP contribution in [0.3, 0.4) is 0 Å². The van der Waals surface area contributed by atoms with Crippen molar-refractivity contribution in [3.63, 3.8) is 0 Å². The SMILES string of the molecule is CCCCCCN1CCCC(NC(=O)Nc2ccccc2)C1Oc1ccccc1C1(C(F)F)CCO1. The predicted molar refractivity (Wildman–Crippen MR) is 136 cm³/mol. The first-order valence-electron chi connectivity index (χ1n) is 13.1. The van der Waals surface area contributed by atoms with Crippen molar-refractivity contribution >= 4 is 11.7 Å². The van der Waals surface area contributed by atoms with Crippen LogP contribution < -0.4 is 15.4 Å². The molecular weight excluding hydrogens is 464 g/mol. The highest BCUT2D eigenvalue weighted by Gasteiger charge is 2.51. The summed E-state index contributed by atoms with van der Waals surface area (Å²) in [5, 5.41) is 5.96. The summed E-state index contributed by atoms with van der Waals surface area (Å²) in [6, 6.07) is 15.6. The molecule has 6 nitrogen and oxygen atoms in total. The molecule has 3 atom stereocenters. The largest absolute Gasteiger partial charge is 0.473 e. The van der Waals surface area contributed by atoms with Gasteiger partial charge in [-0.25, -0.2) is 13.6 Å². The zero-order valence-corrected chi connectivity index (χ0v) is 20.9. The maximum atomic E-state index is 14.1. The number of anilines is 1. The van der Waals surface area contributed by atoms with E-state index >= 15 is 0 Å². The summed E-state index contributed by atoms with van der Waals surface area (Å²) in [5.41, 5.74) is -0.563. The number of halogens is 2. The van der Waals surface area contributed by atoms with Crippen molar-refractivity contribution in [2.45, 2.75) is 76.2 Å². The number of para-hydroxylation sites is 2. The second-order valence-corrected chi connectivity index (χ2v) is 9.60. The second kappa shape index (κ2) is 12.5. The van der Waals surface area contributed by atoms with Crippen molar-refractivity contribution in [1.29, 1.82) is 0 Å². The lowest BCUT2D eigenvalue weighted by Gasteiger charge is -2.44. The molecule has 0 spiro atoms. The number of nitrogens with one attached hydrogen (secondary N) is 2. The quantitative estimate of drug-likeness (QED) is 0.363. The van der Waals surface area contributed by atoms with Crippen LogP contribution in [0.15, 0.2) is 54.6 Å². The number of nitrogens with zero attached hydrogens (tertiary/aromatic N) is 1. The van der Waals surface area contributed by atoms with Gasteiger partial charge in [-0.2, -0.15) is 0 Å². The number of carbonyl (C=O) groups excluding carboxylic acids is 1. The van der Waals surface area contributed by atoms with Gasteiger partial charge in [0.25, 0.3) is 6.43 Å². The highest BCUT2D eigenvalue weighted by atomic mass is 19.3. The molecule has 0 aliphatic carbocycles. The molecule has 3 unspecified atom stereocenters. The van der Waals surface area contributed by atoms with Crippen LogP contribution >= 0.6 is 0 Å². The van der Waals surface area contributed by atoms with Gasteiger partial charge < -0.3 is 20.1 Å². The van der Waals surface area contributed by atoms with E-state index in [4.69, 9.17) is 9.47 Å². The monoisotopic (exact) mass is 501 g/mol. The van der Waals surface area contributed by atoms with Crippen molar-refractivity contribution in [1.82, 2.24) is 10.2 Å². The number of piperidine rings is 1. The van der Waals surface area contributed by atoms with E-state index < -0.39 is 18.3 Å². The Morgan fingerprint density at radius 2 is 1.89 bits per heavy atom. The molecule has 0 aromatic heterocycles. The molecule has 4 rings (SSSR count). The van der Waals surface area contributed by atoms with Crippen molar-refractivity contribution in [3.8, 4) is 5.75 Å². The number of hydrogen-bond acceptors (Lipinski definition) is 4. The van der Waals surface area contributed by atoms with E-state index in [2.05, 4.69) is 22.5 Å². The minimum Gasteiger partial charge on any atom is -0.473 e. The van der Waals surface area contributed by atoms with E-state index in [0.717, 1.165) is 51.6 Å². The number of carbonyl (C=O) groups is 1. The molecule has 2 aliphatic heterocycles. The maximum absolute atomic E-state index is 14.1. The molecule has 2 aliphatic rings. The van der Waals surface area contributed by atoms with Gasteiger partial charge in [-0.15, -0.1) is 0 Å². The van der Waals surface area contributed by atoms with Gasteiger partial charge in [0.15, 0.2) is 11.8 Å². The van der Waals surface area contributed by atoms with E-state index in [0.29, 0.717) is 23.6 Å². The summed E-state index contributed by atoms with van der Waals surface area (Å²) in [6.45, 7) is 4.13. The van der Waals surface area contributed by atoms with Crippen molar-refractivity contribution in [3.05, 3.63) is 60.2 Å². The summed E-state index contributed by atoms with van der Waals surface area (Å²) in [7, 11) is 0. The van der Waals surface area contributed by atoms with E-state index in [1.165, 1.54) is 0 Å². The number of urea groups is 1. The molecule has 2 aromatic carbocycles. The number of rotatable bonds is 11. The van der Waals surface area contributed by atoms with Crippen LogP contribution in [0.5, 0.6) is 5.75 Å². The zero-order valence-electron chi connectivity index (χ0n) is 20.9. The van der Waals surface area contributed by atoms with Crippen molar-refractivity contribution in [2.75, 3.05) is 25.0 Å². The van der Waals surface area contributed by atoms with Crippen LogP contribution in [0.4, 0.5) is 19.3 Å². The molecule has 2 heterocycles. The lowest BCUT2D eigenvalue weighted by molar-refractivity contribution is -0.226. The molecule has 0 bridgehead atoms. The number of unbranched alkanes of at least 4 members (excludes halogenated alkanes) is 3. The molecule has 36 heavy (non-hydrogen) atoms. The normalized spacial score (nSPS) is 24.2. The molecular formula is C28H37F2N3O3. The molecule has 2 amide bonds. The van der Waals surface area contributed by atoms with Crippen LogP contribution in [0.1, 0.15) is 57.4 Å². The maximum Gasteiger partial charge on any atom is 0.319 e. The fourth-order valence-electron chi connectivity index (χ4n) is 5.05. The molecule has 2 fully saturated rings. The summed E-state index contributed by atoms with van der Waals surface area (Å²) in [5.74, 6) is 0.387. The standard InChI is InChI=1S/C28H37F2N3O3/c1-2-3-4-10-18-33-19-11-15-23(32-27(34)31-21-12-6-5-7-13-21)25(33)36-24-16-9-8-14-22(24)28(26(29)30)17-20-35-28/h5-9,12-14,16,23,25-26H,2-4,10-11,15,17-20H2,1H3,(H2,31,32,34). The molecule has 8 heteroatoms. The van der Waals surface area contributed by atoms with Gasteiger partial charge in [-0.1, -0.05) is 62.6 Å². The second-order valence-electron chi connectivity index (χ2n) is 9.60. The Bertz CT molecular complexity index is 972. The third-order valence-electron chi connectivity index (χ3n) is 7.09. The van der Waals surface area contributed by atoms with Crippen LogP contribution in [-0.2, 0) is 10.3 Å². The Morgan fingerprint density at radius 1 is 1.14 bits per heavy atom. The summed E-state index contributed by atoms with van der Waals surface area (Å²) in [4.78, 5) is 15.1. The number of ether oxygens (including phenoxy) is 2. The third-order valence-corrected chi connectivity index (χ3v) is 7.09. The highest BCUT2D eigenvalue weighted by molar-refractivity contribution is 5.89. The first-order chi connectivity index (χ1) is 17.5. The van der Waals surface area contributed by atoms with Gasteiger partial charge in [0.05, 0.1) is 12.6 Å². The predicted octanol–water partition coefficient (Wildman–Crippen LogP) is 6.14. The Kier molecular flexibility index (Phi) is 9.15. The number of benzene rings is 2. The molecule has 196 valence electrons. The molecule has 2 saturated heterocycles. The average molecular weight is 502 g/mol. The fraction of sp³-hybridized carbons (Fsp3) is 0.536. The first kappa shape index (κ1) is 26.4. The number of alkyl halides is 2. The number of amides is 2. The van der Waals surface area contributed by atoms with Crippen LogP contribution in [0.25, 0.3) is 0 Å². The molecule has 0 saturated carbocycles. The van der Waals surface area contributed by atoms with Crippen LogP contribution in [0.2, 0.25) is 0 Å². The Balaban J connectivity index is 1.54. The molecule has 2 N–H and O–H groups in total. The van der Waals surface area contributed by atoms with Gasteiger partial charge in [0.2, 0.25) is 0 Å². The Morgan fingerprint density at radius 3 is 2.58 bits per heavy atom. The van der Waals surface area contributed by atoms with E-state index in [1.807, 2.05) is 30.3 Å². The Labute approximate surface area is 212 Å². The van der Waals surface area contributed by atoms with Gasteiger partial charge in [0, 0.05) is 30.8 Å². The Hall–Kier alpha value is -2.71. The van der Waals surface area contributed by atoms with Crippen LogP contribution in [-0.4, -0.2) is 49.3 Å². The minimum absolute atomic E-state index is 0.248. The van der Waals surface area contributed by atoms with Gasteiger partial charge >= 0.3 is 6.03 Å². The topological polar surface area (TPSA) is 62.8 Å². The number of likely N-dealkylation sites (tertiary alicyclic amines) is 1. The highest BCUT2D eigenvalue weighted by Crippen LogP contribution is 2.46. The smallest absolute Gasteiger partial charge is 0.319 e. The first-order valence-corrected chi connectivity index (χ1v) is 13.1. The van der Waals surface area contributed by atoms with Crippen molar-refractivity contribution in [2.24, 2.45) is 0 Å². The summed E-state index contributed by atoms with van der Waals surface area (Å²) in [6.07, 6.45) is 3.21. The lowest BCUT2D eigenvalue weighted by Crippen LogP contribution is -2.59. The molecule has 0 radical (unpaired) electrons. The summed E-state index contributed by atoms with van der Waals surface area (Å²) < 4.78 is 40.2. The van der Waals surface area contributed by atoms with E-state index in [-0.39, 0.29) is 18.5 Å². The zero-order chi connectivity index (χ0) is 25.4. The van der Waals surface area contributed by atoms with Crippen molar-refractivity contribution < 1.29 is 23.0 Å². The minimum atomic E-state index is -2.65. The van der Waals surface area contributed by atoms with E-state index in [1.54, 1.807) is 24.3 Å².